The summed E-state index contributed by atoms with van der Waals surface area (Å²) in [5, 5.41) is 9.12. The van der Waals surface area contributed by atoms with E-state index in [1.54, 1.807) is 18.2 Å². The number of ether oxygens (including phenoxy) is 1. The molecule has 2 amide bonds. The van der Waals surface area contributed by atoms with E-state index >= 15 is 0 Å². The molecule has 0 bridgehead atoms. The van der Waals surface area contributed by atoms with Gasteiger partial charge in [-0.15, -0.1) is 0 Å². The fourth-order valence-electron chi connectivity index (χ4n) is 6.49. The first-order chi connectivity index (χ1) is 20.8. The highest BCUT2D eigenvalue weighted by molar-refractivity contribution is 5.95. The second-order valence-corrected chi connectivity index (χ2v) is 12.4. The van der Waals surface area contributed by atoms with Crippen LogP contribution in [0, 0.1) is 17.8 Å². The standard InChI is InChI=1S/C32H45F3N6O3/c1-19(20(2)24-8-6-7-9-26(24)37-21(3)42)16-28-25(32(33,34)35)18-36-31(40-28)39-27-11-10-22(17-29(27)44-5)30(43)38-23-12-14-41(4)15-13-23/h10-11,17-20,23-24,26H,6-9,12-16H2,1-5H3,(H,37,42)(H,38,43)(H,36,39,40). The lowest BCUT2D eigenvalue weighted by Gasteiger charge is -2.38. The van der Waals surface area contributed by atoms with Gasteiger partial charge in [-0.25, -0.2) is 9.97 Å². The third kappa shape index (κ3) is 8.61. The van der Waals surface area contributed by atoms with Crippen LogP contribution in [0.1, 0.15) is 80.9 Å². The van der Waals surface area contributed by atoms with Crippen LogP contribution in [0.4, 0.5) is 24.8 Å². The number of aromatic nitrogens is 2. The van der Waals surface area contributed by atoms with Gasteiger partial charge in [0.05, 0.1) is 24.1 Å². The number of nitrogens with zero attached hydrogens (tertiary/aromatic N) is 3. The Morgan fingerprint density at radius 3 is 2.45 bits per heavy atom. The van der Waals surface area contributed by atoms with Crippen molar-refractivity contribution in [1.82, 2.24) is 25.5 Å². The summed E-state index contributed by atoms with van der Waals surface area (Å²) in [7, 11) is 3.52. The van der Waals surface area contributed by atoms with Crippen LogP contribution >= 0.6 is 0 Å². The van der Waals surface area contributed by atoms with Gasteiger partial charge < -0.3 is 25.6 Å². The van der Waals surface area contributed by atoms with E-state index in [4.69, 9.17) is 4.74 Å². The number of alkyl halides is 3. The van der Waals surface area contributed by atoms with Crippen molar-refractivity contribution in [3.05, 3.63) is 41.2 Å². The summed E-state index contributed by atoms with van der Waals surface area (Å²) >= 11 is 0. The molecule has 2 fully saturated rings. The molecule has 44 heavy (non-hydrogen) atoms. The van der Waals surface area contributed by atoms with Crippen molar-refractivity contribution in [3.8, 4) is 5.75 Å². The van der Waals surface area contributed by atoms with Crippen LogP contribution in [0.2, 0.25) is 0 Å². The van der Waals surface area contributed by atoms with Gasteiger partial charge >= 0.3 is 6.18 Å². The lowest BCUT2D eigenvalue weighted by Crippen LogP contribution is -2.44. The summed E-state index contributed by atoms with van der Waals surface area (Å²) in [6.45, 7) is 7.33. The van der Waals surface area contributed by atoms with Gasteiger partial charge in [0.15, 0.2) is 0 Å². The van der Waals surface area contributed by atoms with Gasteiger partial charge in [0.2, 0.25) is 11.9 Å². The smallest absolute Gasteiger partial charge is 0.419 e. The third-order valence-corrected chi connectivity index (χ3v) is 9.23. The minimum atomic E-state index is -4.61. The van der Waals surface area contributed by atoms with E-state index in [0.717, 1.165) is 57.8 Å². The normalized spacial score (nSPS) is 21.3. The minimum absolute atomic E-state index is 0.00321. The Bertz CT molecular complexity index is 1300. The molecule has 1 saturated carbocycles. The summed E-state index contributed by atoms with van der Waals surface area (Å²) in [5.74, 6) is 0.157. The predicted molar refractivity (Wildman–Crippen MR) is 163 cm³/mol. The van der Waals surface area contributed by atoms with Crippen LogP contribution in [-0.4, -0.2) is 66.0 Å². The fraction of sp³-hybridized carbons (Fsp3) is 0.625. The SMILES string of the molecule is COc1cc(C(=O)NC2CCN(C)CC2)ccc1Nc1ncc(C(F)(F)F)c(CC(C)C(C)C2CCCCC2NC(C)=O)n1. The van der Waals surface area contributed by atoms with Crippen molar-refractivity contribution >= 4 is 23.5 Å². The number of carbonyl (C=O) groups excluding carboxylic acids is 2. The van der Waals surface area contributed by atoms with Gasteiger partial charge in [-0.2, -0.15) is 13.2 Å². The summed E-state index contributed by atoms with van der Waals surface area (Å²) in [4.78, 5) is 35.2. The largest absolute Gasteiger partial charge is 0.495 e. The molecule has 4 atom stereocenters. The summed E-state index contributed by atoms with van der Waals surface area (Å²) < 4.78 is 47.6. The average Bonchev–Trinajstić information content (AvgIpc) is 2.97. The molecular formula is C32H45F3N6O3. The zero-order chi connectivity index (χ0) is 32.0. The van der Waals surface area contributed by atoms with E-state index in [1.807, 2.05) is 6.92 Å². The highest BCUT2D eigenvalue weighted by Gasteiger charge is 2.37. The molecule has 9 nitrogen and oxygen atoms in total. The van der Waals surface area contributed by atoms with E-state index < -0.39 is 11.7 Å². The number of halogens is 3. The van der Waals surface area contributed by atoms with Crippen LogP contribution < -0.4 is 20.7 Å². The zero-order valence-electron chi connectivity index (χ0n) is 26.3. The molecule has 1 aliphatic heterocycles. The van der Waals surface area contributed by atoms with E-state index in [0.29, 0.717) is 17.0 Å². The highest BCUT2D eigenvalue weighted by atomic mass is 19.4. The van der Waals surface area contributed by atoms with E-state index in [-0.39, 0.29) is 59.7 Å². The number of anilines is 2. The first-order valence-corrected chi connectivity index (χ1v) is 15.5. The lowest BCUT2D eigenvalue weighted by atomic mass is 9.71. The molecule has 1 aromatic carbocycles. The van der Waals surface area contributed by atoms with Gasteiger partial charge in [0, 0.05) is 30.8 Å². The Kier molecular flexibility index (Phi) is 11.1. The molecule has 0 radical (unpaired) electrons. The molecule has 4 rings (SSSR count). The number of benzene rings is 1. The Labute approximate surface area is 257 Å². The van der Waals surface area contributed by atoms with Crippen LogP contribution in [0.15, 0.2) is 24.4 Å². The molecule has 1 saturated heterocycles. The van der Waals surface area contributed by atoms with Crippen LogP contribution in [-0.2, 0) is 17.4 Å². The van der Waals surface area contributed by atoms with E-state index in [1.165, 1.54) is 14.0 Å². The highest BCUT2D eigenvalue weighted by Crippen LogP contribution is 2.38. The Morgan fingerprint density at radius 2 is 1.80 bits per heavy atom. The number of hydrogen-bond donors (Lipinski definition) is 3. The number of likely N-dealkylation sites (tertiary alicyclic amines) is 1. The van der Waals surface area contributed by atoms with Crippen LogP contribution in [0.25, 0.3) is 0 Å². The van der Waals surface area contributed by atoms with Crippen molar-refractivity contribution < 1.29 is 27.5 Å². The first kappa shape index (κ1) is 33.5. The fourth-order valence-corrected chi connectivity index (χ4v) is 6.49. The van der Waals surface area contributed by atoms with E-state index in [9.17, 15) is 22.8 Å². The zero-order valence-corrected chi connectivity index (χ0v) is 26.3. The molecular weight excluding hydrogens is 573 g/mol. The number of methoxy groups -OCH3 is 1. The third-order valence-electron chi connectivity index (χ3n) is 9.23. The van der Waals surface area contributed by atoms with Gasteiger partial charge in [-0.05, 0) is 88.2 Å². The van der Waals surface area contributed by atoms with Crippen molar-refractivity contribution in [2.75, 3.05) is 32.6 Å². The van der Waals surface area contributed by atoms with Gasteiger partial charge in [-0.3, -0.25) is 9.59 Å². The second-order valence-electron chi connectivity index (χ2n) is 12.4. The van der Waals surface area contributed by atoms with Crippen molar-refractivity contribution in [2.45, 2.75) is 84.0 Å². The number of nitrogens with one attached hydrogen (secondary N) is 3. The molecule has 2 aliphatic rings. The van der Waals surface area contributed by atoms with Gasteiger partial charge in [-0.1, -0.05) is 26.7 Å². The minimum Gasteiger partial charge on any atom is -0.495 e. The second kappa shape index (κ2) is 14.6. The quantitative estimate of drug-likeness (QED) is 0.319. The number of hydrogen-bond acceptors (Lipinski definition) is 7. The molecule has 1 aliphatic carbocycles. The molecule has 1 aromatic heterocycles. The number of amides is 2. The molecule has 4 unspecified atom stereocenters. The van der Waals surface area contributed by atoms with Gasteiger partial charge in [0.25, 0.3) is 5.91 Å². The van der Waals surface area contributed by atoms with Gasteiger partial charge in [0.1, 0.15) is 5.75 Å². The van der Waals surface area contributed by atoms with Crippen molar-refractivity contribution in [2.24, 2.45) is 17.8 Å². The number of piperidine rings is 1. The molecule has 0 spiro atoms. The Balaban J connectivity index is 1.51. The monoisotopic (exact) mass is 618 g/mol. The maximum absolute atomic E-state index is 14.0. The van der Waals surface area contributed by atoms with Crippen LogP contribution in [0.5, 0.6) is 5.75 Å². The van der Waals surface area contributed by atoms with Crippen molar-refractivity contribution in [3.63, 3.8) is 0 Å². The lowest BCUT2D eigenvalue weighted by molar-refractivity contribution is -0.138. The predicted octanol–water partition coefficient (Wildman–Crippen LogP) is 5.58. The maximum atomic E-state index is 14.0. The molecule has 3 N–H and O–H groups in total. The van der Waals surface area contributed by atoms with Crippen molar-refractivity contribution in [1.29, 1.82) is 0 Å². The molecule has 12 heteroatoms. The molecule has 2 heterocycles. The Hall–Kier alpha value is -3.41. The van der Waals surface area contributed by atoms with Crippen LogP contribution in [0.3, 0.4) is 0 Å². The average molecular weight is 619 g/mol. The summed E-state index contributed by atoms with van der Waals surface area (Å²) in [6, 6.07) is 4.99. The topological polar surface area (TPSA) is 108 Å². The molecule has 2 aromatic rings. The molecule has 242 valence electrons. The first-order valence-electron chi connectivity index (χ1n) is 15.5. The maximum Gasteiger partial charge on any atom is 0.419 e. The number of rotatable bonds is 10. The summed E-state index contributed by atoms with van der Waals surface area (Å²) in [5.41, 5.74) is -0.106. The Morgan fingerprint density at radius 1 is 1.09 bits per heavy atom. The van der Waals surface area contributed by atoms with E-state index in [2.05, 4.69) is 44.8 Å². The number of carbonyl (C=O) groups is 2. The summed E-state index contributed by atoms with van der Waals surface area (Å²) in [6.07, 6.45) is 1.91.